The summed E-state index contributed by atoms with van der Waals surface area (Å²) in [5.41, 5.74) is 3.21. The molecule has 0 bridgehead atoms. The lowest BCUT2D eigenvalue weighted by molar-refractivity contribution is -0.168. The Labute approximate surface area is 235 Å². The van der Waals surface area contributed by atoms with Gasteiger partial charge in [0, 0.05) is 48.7 Å². The molecule has 0 radical (unpaired) electrons. The molecule has 0 saturated heterocycles. The molecule has 1 amide bonds. The van der Waals surface area contributed by atoms with Crippen LogP contribution in [0.15, 0.2) is 66.6 Å². The molecule has 2 aromatic carbocycles. The third kappa shape index (κ3) is 7.85. The summed E-state index contributed by atoms with van der Waals surface area (Å²) in [5, 5.41) is 12.9. The second kappa shape index (κ2) is 15.4. The SMILES string of the molecule is CCOC1OC(C(=O)NCCc2c[nH]c3ccc(OC)cc23)=CC(c2ccccc2)C1CCOCCOCCO. The Morgan fingerprint density at radius 3 is 2.62 bits per heavy atom. The minimum Gasteiger partial charge on any atom is -0.497 e. The number of allylic oxidation sites excluding steroid dienone is 1. The summed E-state index contributed by atoms with van der Waals surface area (Å²) in [6.45, 7) is 4.48. The van der Waals surface area contributed by atoms with Crippen molar-refractivity contribution >= 4 is 16.8 Å². The minimum absolute atomic E-state index is 0.00525. The van der Waals surface area contributed by atoms with Gasteiger partial charge in [-0.15, -0.1) is 0 Å². The summed E-state index contributed by atoms with van der Waals surface area (Å²) in [5.74, 6) is 0.671. The van der Waals surface area contributed by atoms with E-state index in [0.717, 1.165) is 27.8 Å². The number of fused-ring (bicyclic) bond motifs is 1. The van der Waals surface area contributed by atoms with Crippen LogP contribution in [-0.4, -0.2) is 75.6 Å². The van der Waals surface area contributed by atoms with Crippen molar-refractivity contribution in [2.75, 3.05) is 53.3 Å². The zero-order valence-corrected chi connectivity index (χ0v) is 23.3. The third-order valence-corrected chi connectivity index (χ3v) is 6.98. The summed E-state index contributed by atoms with van der Waals surface area (Å²) < 4.78 is 28.6. The molecule has 0 spiro atoms. The van der Waals surface area contributed by atoms with Crippen molar-refractivity contribution in [3.8, 4) is 5.75 Å². The van der Waals surface area contributed by atoms with E-state index in [2.05, 4.69) is 22.4 Å². The fraction of sp³-hybridized carbons (Fsp3) is 0.452. The van der Waals surface area contributed by atoms with E-state index in [9.17, 15) is 4.79 Å². The van der Waals surface area contributed by atoms with Crippen LogP contribution in [0.25, 0.3) is 10.9 Å². The number of aliphatic hydroxyl groups excluding tert-OH is 1. The van der Waals surface area contributed by atoms with Gasteiger partial charge in [-0.2, -0.15) is 0 Å². The average molecular weight is 553 g/mol. The van der Waals surface area contributed by atoms with Crippen LogP contribution in [0.3, 0.4) is 0 Å². The average Bonchev–Trinajstić information content (AvgIpc) is 3.39. The van der Waals surface area contributed by atoms with Gasteiger partial charge in [-0.05, 0) is 55.2 Å². The highest BCUT2D eigenvalue weighted by Gasteiger charge is 2.37. The fourth-order valence-corrected chi connectivity index (χ4v) is 4.99. The zero-order chi connectivity index (χ0) is 28.2. The van der Waals surface area contributed by atoms with Gasteiger partial charge in [-0.25, -0.2) is 0 Å². The topological polar surface area (TPSA) is 111 Å². The minimum atomic E-state index is -0.587. The molecule has 3 atom stereocenters. The van der Waals surface area contributed by atoms with E-state index in [1.165, 1.54) is 0 Å². The number of H-pyrrole nitrogens is 1. The van der Waals surface area contributed by atoms with Crippen molar-refractivity contribution in [3.05, 3.63) is 77.7 Å². The molecule has 3 N–H and O–H groups in total. The summed E-state index contributed by atoms with van der Waals surface area (Å²) in [6.07, 6.45) is 4.63. The Hall–Kier alpha value is -3.37. The number of hydrogen-bond donors (Lipinski definition) is 3. The summed E-state index contributed by atoms with van der Waals surface area (Å²) in [6, 6.07) is 16.0. The number of aliphatic hydroxyl groups is 1. The van der Waals surface area contributed by atoms with Gasteiger partial charge in [0.15, 0.2) is 5.76 Å². The van der Waals surface area contributed by atoms with Crippen molar-refractivity contribution < 1.29 is 33.6 Å². The molecule has 1 aromatic heterocycles. The Kier molecular flexibility index (Phi) is 11.4. The van der Waals surface area contributed by atoms with E-state index in [1.54, 1.807) is 7.11 Å². The van der Waals surface area contributed by atoms with Gasteiger partial charge in [0.25, 0.3) is 5.91 Å². The molecule has 1 aliphatic heterocycles. The smallest absolute Gasteiger partial charge is 0.286 e. The lowest BCUT2D eigenvalue weighted by Crippen LogP contribution is -2.39. The number of rotatable bonds is 16. The first-order chi connectivity index (χ1) is 19.6. The maximum atomic E-state index is 13.3. The number of benzene rings is 2. The summed E-state index contributed by atoms with van der Waals surface area (Å²) >= 11 is 0. The number of carbonyl (C=O) groups excluding carboxylic acids is 1. The van der Waals surface area contributed by atoms with Gasteiger partial charge >= 0.3 is 0 Å². The molecule has 0 aliphatic carbocycles. The predicted octanol–water partition coefficient (Wildman–Crippen LogP) is 3.93. The lowest BCUT2D eigenvalue weighted by Gasteiger charge is -2.37. The Morgan fingerprint density at radius 1 is 1.07 bits per heavy atom. The van der Waals surface area contributed by atoms with Crippen molar-refractivity contribution in [2.24, 2.45) is 5.92 Å². The third-order valence-electron chi connectivity index (χ3n) is 6.98. The van der Waals surface area contributed by atoms with Crippen LogP contribution in [0.2, 0.25) is 0 Å². The van der Waals surface area contributed by atoms with E-state index in [1.807, 2.05) is 55.6 Å². The standard InChI is InChI=1S/C31H40N2O7/c1-3-39-31-25(12-15-37-17-18-38-16-14-34)26(22-7-5-4-6-8-22)20-29(40-31)30(35)32-13-11-23-21-33-28-10-9-24(36-2)19-27(23)28/h4-10,19-21,25-26,31,33-34H,3,11-18H2,1-2H3,(H,32,35). The maximum Gasteiger partial charge on any atom is 0.286 e. The first kappa shape index (κ1) is 29.6. The first-order valence-electron chi connectivity index (χ1n) is 13.9. The highest BCUT2D eigenvalue weighted by atomic mass is 16.7. The van der Waals surface area contributed by atoms with Crippen LogP contribution < -0.4 is 10.1 Å². The molecule has 9 nitrogen and oxygen atoms in total. The molecule has 0 saturated carbocycles. The molecule has 9 heteroatoms. The van der Waals surface area contributed by atoms with Crippen molar-refractivity contribution in [1.29, 1.82) is 0 Å². The summed E-state index contributed by atoms with van der Waals surface area (Å²) in [4.78, 5) is 16.5. The molecular weight excluding hydrogens is 512 g/mol. The Morgan fingerprint density at radius 2 is 1.88 bits per heavy atom. The predicted molar refractivity (Wildman–Crippen MR) is 152 cm³/mol. The van der Waals surface area contributed by atoms with E-state index < -0.39 is 6.29 Å². The molecule has 3 unspecified atom stereocenters. The number of nitrogens with one attached hydrogen (secondary N) is 2. The van der Waals surface area contributed by atoms with Crippen LogP contribution in [0, 0.1) is 5.92 Å². The number of ether oxygens (including phenoxy) is 5. The van der Waals surface area contributed by atoms with Crippen molar-refractivity contribution in [2.45, 2.75) is 32.0 Å². The zero-order valence-electron chi connectivity index (χ0n) is 23.3. The fourth-order valence-electron chi connectivity index (χ4n) is 4.99. The van der Waals surface area contributed by atoms with E-state index >= 15 is 0 Å². The first-order valence-corrected chi connectivity index (χ1v) is 13.9. The van der Waals surface area contributed by atoms with Gasteiger partial charge < -0.3 is 39.1 Å². The van der Waals surface area contributed by atoms with Crippen LogP contribution in [-0.2, 0) is 30.2 Å². The monoisotopic (exact) mass is 552 g/mol. The van der Waals surface area contributed by atoms with Crippen LogP contribution in [0.5, 0.6) is 5.75 Å². The van der Waals surface area contributed by atoms with Gasteiger partial charge in [0.1, 0.15) is 5.75 Å². The van der Waals surface area contributed by atoms with E-state index in [4.69, 9.17) is 28.8 Å². The maximum absolute atomic E-state index is 13.3. The van der Waals surface area contributed by atoms with Gasteiger partial charge in [-0.1, -0.05) is 30.3 Å². The molecule has 4 rings (SSSR count). The molecule has 40 heavy (non-hydrogen) atoms. The number of aromatic amines is 1. The van der Waals surface area contributed by atoms with Gasteiger partial charge in [0.2, 0.25) is 6.29 Å². The number of carbonyl (C=O) groups is 1. The number of methoxy groups -OCH3 is 1. The lowest BCUT2D eigenvalue weighted by atomic mass is 9.81. The highest BCUT2D eigenvalue weighted by Crippen LogP contribution is 2.38. The Balaban J connectivity index is 1.42. The quantitative estimate of drug-likeness (QED) is 0.231. The normalized spacial score (nSPS) is 18.8. The number of aromatic nitrogens is 1. The number of amides is 1. The second-order valence-electron chi connectivity index (χ2n) is 9.54. The Bertz CT molecular complexity index is 1230. The molecule has 0 fully saturated rings. The van der Waals surface area contributed by atoms with E-state index in [-0.39, 0.29) is 30.1 Å². The highest BCUT2D eigenvalue weighted by molar-refractivity contribution is 5.92. The largest absolute Gasteiger partial charge is 0.497 e. The van der Waals surface area contributed by atoms with Crippen LogP contribution in [0.4, 0.5) is 0 Å². The molecule has 2 heterocycles. The summed E-state index contributed by atoms with van der Waals surface area (Å²) in [7, 11) is 1.65. The number of hydrogen-bond acceptors (Lipinski definition) is 7. The molecule has 3 aromatic rings. The second-order valence-corrected chi connectivity index (χ2v) is 9.54. The van der Waals surface area contributed by atoms with Crippen molar-refractivity contribution in [1.82, 2.24) is 10.3 Å². The van der Waals surface area contributed by atoms with E-state index in [0.29, 0.717) is 52.4 Å². The van der Waals surface area contributed by atoms with Crippen molar-refractivity contribution in [3.63, 3.8) is 0 Å². The molecular formula is C31H40N2O7. The van der Waals surface area contributed by atoms with Gasteiger partial charge in [0.05, 0.1) is 33.5 Å². The van der Waals surface area contributed by atoms with Gasteiger partial charge in [-0.3, -0.25) is 4.79 Å². The molecule has 216 valence electrons. The van der Waals surface area contributed by atoms with Crippen LogP contribution in [0.1, 0.15) is 30.4 Å². The van der Waals surface area contributed by atoms with Crippen LogP contribution >= 0.6 is 0 Å². The molecule has 1 aliphatic rings.